The Bertz CT molecular complexity index is 638. The molecule has 0 bridgehead atoms. The van der Waals surface area contributed by atoms with Gasteiger partial charge in [0.15, 0.2) is 0 Å². The summed E-state index contributed by atoms with van der Waals surface area (Å²) in [5.74, 6) is 0.466. The van der Waals surface area contributed by atoms with Crippen molar-refractivity contribution in [1.82, 2.24) is 0 Å². The van der Waals surface area contributed by atoms with Crippen LogP contribution in [-0.2, 0) is 0 Å². The lowest BCUT2D eigenvalue weighted by atomic mass is 9.62. The molecule has 1 aromatic rings. The minimum atomic E-state index is -2.15. The van der Waals surface area contributed by atoms with Crippen LogP contribution in [0.4, 0.5) is 8.78 Å². The predicted octanol–water partition coefficient (Wildman–Crippen LogP) is 9.09. The molecule has 1 fully saturated rings. The molecule has 166 valence electrons. The van der Waals surface area contributed by atoms with Crippen LogP contribution in [0.5, 0.6) is 0 Å². The molecule has 2 aliphatic rings. The summed E-state index contributed by atoms with van der Waals surface area (Å²) in [5, 5.41) is 0. The molecule has 0 aliphatic heterocycles. The molecule has 0 aromatic heterocycles. The van der Waals surface area contributed by atoms with E-state index in [9.17, 15) is 8.78 Å². The SMILES string of the molecule is CCCCCCCCCC1(C2CCC(C(F)F)CC2)C=CC(c2ccccc2)C=C1. The summed E-state index contributed by atoms with van der Waals surface area (Å²) in [4.78, 5) is 0. The Labute approximate surface area is 182 Å². The quantitative estimate of drug-likeness (QED) is 0.250. The van der Waals surface area contributed by atoms with E-state index in [2.05, 4.69) is 61.6 Å². The standard InChI is InChI=1S/C28H40F2/c1-2-3-4-5-6-7-11-20-28(26-16-14-25(15-17-26)27(29)30)21-18-24(19-22-28)23-12-9-8-10-13-23/h8-10,12-13,18-19,21-22,24-27H,2-7,11,14-17,20H2,1H3. The molecule has 3 rings (SSSR count). The second kappa shape index (κ2) is 11.8. The third kappa shape index (κ3) is 6.28. The van der Waals surface area contributed by atoms with Crippen molar-refractivity contribution < 1.29 is 8.78 Å². The average Bonchev–Trinajstić information content (AvgIpc) is 2.79. The number of hydrogen-bond acceptors (Lipinski definition) is 0. The van der Waals surface area contributed by atoms with Crippen LogP contribution in [0.1, 0.15) is 95.5 Å². The van der Waals surface area contributed by atoms with Crippen LogP contribution < -0.4 is 0 Å². The molecule has 30 heavy (non-hydrogen) atoms. The predicted molar refractivity (Wildman–Crippen MR) is 124 cm³/mol. The summed E-state index contributed by atoms with van der Waals surface area (Å²) in [6.45, 7) is 2.26. The second-order valence-corrected chi connectivity index (χ2v) is 9.58. The molecule has 0 amide bonds. The number of unbranched alkanes of at least 4 members (excludes halogenated alkanes) is 6. The van der Waals surface area contributed by atoms with E-state index in [0.717, 1.165) is 12.8 Å². The first-order valence-corrected chi connectivity index (χ1v) is 12.4. The van der Waals surface area contributed by atoms with Gasteiger partial charge in [-0.15, -0.1) is 0 Å². The van der Waals surface area contributed by atoms with Gasteiger partial charge in [0.25, 0.3) is 0 Å². The Balaban J connectivity index is 1.62. The number of hydrogen-bond donors (Lipinski definition) is 0. The third-order valence-electron chi connectivity index (χ3n) is 7.51. The summed E-state index contributed by atoms with van der Waals surface area (Å²) in [6, 6.07) is 10.6. The molecule has 1 aromatic carbocycles. The summed E-state index contributed by atoms with van der Waals surface area (Å²) >= 11 is 0. The van der Waals surface area contributed by atoms with Crippen molar-refractivity contribution in [3.8, 4) is 0 Å². The molecule has 2 aliphatic carbocycles. The van der Waals surface area contributed by atoms with E-state index in [1.54, 1.807) is 0 Å². The zero-order valence-electron chi connectivity index (χ0n) is 18.7. The highest BCUT2D eigenvalue weighted by Crippen LogP contribution is 2.49. The molecule has 0 heterocycles. The van der Waals surface area contributed by atoms with Gasteiger partial charge in [-0.3, -0.25) is 0 Å². The van der Waals surface area contributed by atoms with Crippen molar-refractivity contribution in [2.24, 2.45) is 17.3 Å². The van der Waals surface area contributed by atoms with Gasteiger partial charge in [0.1, 0.15) is 0 Å². The summed E-state index contributed by atoms with van der Waals surface area (Å²) in [6.07, 6.45) is 21.1. The fraction of sp³-hybridized carbons (Fsp3) is 0.643. The van der Waals surface area contributed by atoms with Crippen LogP contribution >= 0.6 is 0 Å². The van der Waals surface area contributed by atoms with E-state index < -0.39 is 6.43 Å². The van der Waals surface area contributed by atoms with Crippen LogP contribution in [0.15, 0.2) is 54.6 Å². The van der Waals surface area contributed by atoms with Crippen LogP contribution in [0.3, 0.4) is 0 Å². The molecule has 0 N–H and O–H groups in total. The van der Waals surface area contributed by atoms with Gasteiger partial charge in [-0.05, 0) is 43.6 Å². The molecule has 0 atom stereocenters. The Kier molecular flexibility index (Phi) is 9.15. The van der Waals surface area contributed by atoms with E-state index in [1.807, 2.05) is 0 Å². The Morgan fingerprint density at radius 1 is 0.833 bits per heavy atom. The molecular weight excluding hydrogens is 374 g/mol. The van der Waals surface area contributed by atoms with Crippen LogP contribution in [0.2, 0.25) is 0 Å². The fourth-order valence-corrected chi connectivity index (χ4v) is 5.52. The number of allylic oxidation sites excluding steroid dienone is 4. The Hall–Kier alpha value is -1.44. The van der Waals surface area contributed by atoms with E-state index in [0.29, 0.717) is 24.7 Å². The largest absolute Gasteiger partial charge is 0.241 e. The molecule has 2 heteroatoms. The lowest BCUT2D eigenvalue weighted by Crippen LogP contribution is -2.33. The van der Waals surface area contributed by atoms with Crippen LogP contribution in [0, 0.1) is 17.3 Å². The summed E-state index contributed by atoms with van der Waals surface area (Å²) < 4.78 is 26.3. The maximum atomic E-state index is 13.2. The van der Waals surface area contributed by atoms with Crippen LogP contribution in [0.25, 0.3) is 0 Å². The normalized spacial score (nSPS) is 28.9. The topological polar surface area (TPSA) is 0 Å². The molecule has 1 saturated carbocycles. The van der Waals surface area contributed by atoms with E-state index >= 15 is 0 Å². The van der Waals surface area contributed by atoms with Gasteiger partial charge in [0.2, 0.25) is 6.43 Å². The van der Waals surface area contributed by atoms with Gasteiger partial charge in [-0.1, -0.05) is 107 Å². The lowest BCUT2D eigenvalue weighted by molar-refractivity contribution is 0.0344. The molecular formula is C28H40F2. The highest BCUT2D eigenvalue weighted by Gasteiger charge is 2.39. The van der Waals surface area contributed by atoms with Crippen molar-refractivity contribution in [2.45, 2.75) is 96.3 Å². The number of benzene rings is 1. The van der Waals surface area contributed by atoms with E-state index in [4.69, 9.17) is 0 Å². The molecule has 0 spiro atoms. The van der Waals surface area contributed by atoms with Gasteiger partial charge in [-0.25, -0.2) is 8.78 Å². The number of rotatable bonds is 11. The van der Waals surface area contributed by atoms with Crippen molar-refractivity contribution in [2.75, 3.05) is 0 Å². The zero-order chi connectivity index (χ0) is 21.2. The highest BCUT2D eigenvalue weighted by molar-refractivity contribution is 5.34. The molecule has 0 saturated heterocycles. The number of alkyl halides is 2. The summed E-state index contributed by atoms with van der Waals surface area (Å²) in [7, 11) is 0. The molecule has 0 radical (unpaired) electrons. The Morgan fingerprint density at radius 3 is 2.03 bits per heavy atom. The maximum absolute atomic E-state index is 13.2. The smallest absolute Gasteiger partial charge is 0.210 e. The van der Waals surface area contributed by atoms with Crippen molar-refractivity contribution in [3.05, 3.63) is 60.2 Å². The maximum Gasteiger partial charge on any atom is 0.241 e. The zero-order valence-corrected chi connectivity index (χ0v) is 18.7. The van der Waals surface area contributed by atoms with E-state index in [1.165, 1.54) is 56.9 Å². The fourth-order valence-electron chi connectivity index (χ4n) is 5.52. The molecule has 0 nitrogen and oxygen atoms in total. The van der Waals surface area contributed by atoms with Gasteiger partial charge >= 0.3 is 0 Å². The van der Waals surface area contributed by atoms with Gasteiger partial charge in [-0.2, -0.15) is 0 Å². The van der Waals surface area contributed by atoms with Crippen molar-refractivity contribution in [3.63, 3.8) is 0 Å². The monoisotopic (exact) mass is 414 g/mol. The second-order valence-electron chi connectivity index (χ2n) is 9.58. The first kappa shape index (κ1) is 23.2. The number of halogens is 2. The van der Waals surface area contributed by atoms with Crippen LogP contribution in [-0.4, -0.2) is 6.43 Å². The van der Waals surface area contributed by atoms with Crippen molar-refractivity contribution >= 4 is 0 Å². The van der Waals surface area contributed by atoms with E-state index in [-0.39, 0.29) is 11.3 Å². The highest BCUT2D eigenvalue weighted by atomic mass is 19.3. The van der Waals surface area contributed by atoms with Crippen molar-refractivity contribution in [1.29, 1.82) is 0 Å². The molecule has 0 unspecified atom stereocenters. The first-order chi connectivity index (χ1) is 14.6. The minimum absolute atomic E-state index is 0.0712. The minimum Gasteiger partial charge on any atom is -0.210 e. The average molecular weight is 415 g/mol. The summed E-state index contributed by atoms with van der Waals surface area (Å²) in [5.41, 5.74) is 1.40. The van der Waals surface area contributed by atoms with Gasteiger partial charge in [0, 0.05) is 17.3 Å². The third-order valence-corrected chi connectivity index (χ3v) is 7.51. The first-order valence-electron chi connectivity index (χ1n) is 12.4. The lowest BCUT2D eigenvalue weighted by Gasteiger charge is -2.42. The van der Waals surface area contributed by atoms with Gasteiger partial charge < -0.3 is 0 Å². The van der Waals surface area contributed by atoms with Gasteiger partial charge in [0.05, 0.1) is 0 Å². The Morgan fingerprint density at radius 2 is 1.43 bits per heavy atom.